The Hall–Kier alpha value is -2.47. The Kier molecular flexibility index (Phi) is 10.7. The molecule has 0 saturated carbocycles. The molecule has 0 spiro atoms. The van der Waals surface area contributed by atoms with Crippen LogP contribution in [0, 0.1) is 0 Å². The van der Waals surface area contributed by atoms with Crippen molar-refractivity contribution in [2.45, 2.75) is 62.2 Å². The number of halogens is 3. The minimum absolute atomic E-state index is 0.101. The summed E-state index contributed by atoms with van der Waals surface area (Å²) in [5.74, 6) is -0.538. The number of allylic oxidation sites excluding steroid dienone is 2. The van der Waals surface area contributed by atoms with Crippen LogP contribution in [-0.2, 0) is 30.3 Å². The summed E-state index contributed by atoms with van der Waals surface area (Å²) in [6.45, 7) is 9.03. The van der Waals surface area contributed by atoms with E-state index in [0.29, 0.717) is 6.61 Å². The highest BCUT2D eigenvalue weighted by molar-refractivity contribution is 7.97. The first kappa shape index (κ1) is 28.1. The van der Waals surface area contributed by atoms with Crippen LogP contribution in [0.2, 0.25) is 0 Å². The molecule has 1 unspecified atom stereocenters. The number of hydrogen-bond acceptors (Lipinski definition) is 7. The predicted molar refractivity (Wildman–Crippen MR) is 129 cm³/mol. The fourth-order valence-electron chi connectivity index (χ4n) is 3.69. The van der Waals surface area contributed by atoms with Gasteiger partial charge in [-0.15, -0.1) is 13.2 Å². The summed E-state index contributed by atoms with van der Waals surface area (Å²) in [6, 6.07) is 7.72. The zero-order valence-corrected chi connectivity index (χ0v) is 20.7. The monoisotopic (exact) mass is 528 g/mol. The van der Waals surface area contributed by atoms with Gasteiger partial charge in [-0.2, -0.15) is 0 Å². The molecule has 2 aliphatic heterocycles. The topological polar surface area (TPSA) is 69.3 Å². The molecule has 1 aromatic rings. The van der Waals surface area contributed by atoms with E-state index in [0.717, 1.165) is 61.7 Å². The van der Waals surface area contributed by atoms with Crippen molar-refractivity contribution in [3.05, 3.63) is 66.7 Å². The maximum absolute atomic E-state index is 12.4. The van der Waals surface area contributed by atoms with Crippen LogP contribution >= 0.6 is 11.9 Å². The van der Waals surface area contributed by atoms with Crippen molar-refractivity contribution in [3.63, 3.8) is 0 Å². The van der Waals surface area contributed by atoms with Gasteiger partial charge in [0.1, 0.15) is 17.6 Å². The van der Waals surface area contributed by atoms with Crippen LogP contribution in [0.25, 0.3) is 0 Å². The largest absolute Gasteiger partial charge is 0.573 e. The molecule has 198 valence electrons. The number of benzene rings is 1. The maximum Gasteiger partial charge on any atom is 0.573 e. The van der Waals surface area contributed by atoms with E-state index in [1.165, 1.54) is 6.08 Å². The molecule has 1 amide bonds. The Balaban J connectivity index is 1.41. The van der Waals surface area contributed by atoms with Gasteiger partial charge in [-0.3, -0.25) is 4.79 Å². The lowest BCUT2D eigenvalue weighted by atomic mass is 10.1. The van der Waals surface area contributed by atoms with Gasteiger partial charge in [0.05, 0.1) is 6.42 Å². The number of nitrogens with one attached hydrogen (secondary N) is 1. The van der Waals surface area contributed by atoms with E-state index < -0.39 is 18.4 Å². The number of alkyl halides is 3. The van der Waals surface area contributed by atoms with E-state index in [4.69, 9.17) is 14.3 Å². The van der Waals surface area contributed by atoms with Crippen molar-refractivity contribution in [3.8, 4) is 0 Å². The van der Waals surface area contributed by atoms with Crippen molar-refractivity contribution in [2.75, 3.05) is 19.7 Å². The average molecular weight is 529 g/mol. The molecule has 7 nitrogen and oxygen atoms in total. The highest BCUT2D eigenvalue weighted by atomic mass is 32.2. The number of piperidine rings is 1. The van der Waals surface area contributed by atoms with E-state index in [1.807, 2.05) is 24.3 Å². The fraction of sp³-hybridized carbons (Fsp3) is 0.480. The van der Waals surface area contributed by atoms with Gasteiger partial charge < -0.3 is 14.2 Å². The number of rotatable bonds is 11. The van der Waals surface area contributed by atoms with Gasteiger partial charge in [-0.25, -0.2) is 14.6 Å². The number of hydroxylamine groups is 1. The molecule has 2 aliphatic rings. The quantitative estimate of drug-likeness (QED) is 0.178. The van der Waals surface area contributed by atoms with Crippen LogP contribution in [0.5, 0.6) is 0 Å². The second-order valence-electron chi connectivity index (χ2n) is 8.37. The lowest BCUT2D eigenvalue weighted by Gasteiger charge is -2.31. The average Bonchev–Trinajstić information content (AvgIpc) is 2.83. The summed E-state index contributed by atoms with van der Waals surface area (Å²) in [5, 5.41) is 0. The molecule has 36 heavy (non-hydrogen) atoms. The normalized spacial score (nSPS) is 19.7. The SMILES string of the molecule is C=C(/C=C\C(=C)OC(F)(F)F)OC1CCN(Sc2ccccc2CC(=O)NOC2CCCCO2)CC1. The molecule has 0 bridgehead atoms. The fourth-order valence-corrected chi connectivity index (χ4v) is 4.75. The molecule has 2 fully saturated rings. The van der Waals surface area contributed by atoms with Gasteiger partial charge in [0, 0.05) is 31.0 Å². The van der Waals surface area contributed by atoms with E-state index in [2.05, 4.69) is 27.7 Å². The summed E-state index contributed by atoms with van der Waals surface area (Å²) in [5.41, 5.74) is 3.39. The van der Waals surface area contributed by atoms with Crippen molar-refractivity contribution in [1.82, 2.24) is 9.79 Å². The van der Waals surface area contributed by atoms with Crippen LogP contribution in [-0.4, -0.2) is 48.7 Å². The zero-order valence-electron chi connectivity index (χ0n) is 19.9. The van der Waals surface area contributed by atoms with Gasteiger partial charge in [-0.05, 0) is 61.4 Å². The maximum atomic E-state index is 12.4. The van der Waals surface area contributed by atoms with Gasteiger partial charge in [0.2, 0.25) is 5.91 Å². The number of hydrogen-bond donors (Lipinski definition) is 1. The highest BCUT2D eigenvalue weighted by Gasteiger charge is 2.31. The molecule has 0 aliphatic carbocycles. The zero-order chi connectivity index (χ0) is 26.0. The summed E-state index contributed by atoms with van der Waals surface area (Å²) in [7, 11) is 0. The number of carbonyl (C=O) groups is 1. The highest BCUT2D eigenvalue weighted by Crippen LogP contribution is 2.30. The summed E-state index contributed by atoms with van der Waals surface area (Å²) >= 11 is 1.58. The van der Waals surface area contributed by atoms with Crippen LogP contribution < -0.4 is 5.48 Å². The Labute approximate surface area is 213 Å². The molecule has 1 aromatic carbocycles. The predicted octanol–water partition coefficient (Wildman–Crippen LogP) is 5.41. The Bertz CT molecular complexity index is 927. The number of carbonyl (C=O) groups excluding carboxylic acids is 1. The van der Waals surface area contributed by atoms with E-state index in [1.54, 1.807) is 11.9 Å². The summed E-state index contributed by atoms with van der Waals surface area (Å²) in [6.07, 6.45) is 1.50. The molecular formula is C25H31F3N2O5S. The third kappa shape index (κ3) is 10.3. The van der Waals surface area contributed by atoms with Gasteiger partial charge >= 0.3 is 6.36 Å². The minimum Gasteiger partial charge on any atom is -0.491 e. The molecule has 2 heterocycles. The van der Waals surface area contributed by atoms with Gasteiger partial charge in [-0.1, -0.05) is 31.4 Å². The lowest BCUT2D eigenvalue weighted by molar-refractivity contribution is -0.303. The van der Waals surface area contributed by atoms with E-state index in [9.17, 15) is 18.0 Å². The second kappa shape index (κ2) is 13.7. The first-order chi connectivity index (χ1) is 17.2. The van der Waals surface area contributed by atoms with Gasteiger partial charge in [0.15, 0.2) is 6.29 Å². The van der Waals surface area contributed by atoms with Crippen LogP contribution in [0.3, 0.4) is 0 Å². The molecule has 3 rings (SSSR count). The lowest BCUT2D eigenvalue weighted by Crippen LogP contribution is -2.34. The molecule has 11 heteroatoms. The van der Waals surface area contributed by atoms with Crippen LogP contribution in [0.15, 0.2) is 66.0 Å². The molecule has 0 aromatic heterocycles. The third-order valence-corrected chi connectivity index (χ3v) is 6.63. The Morgan fingerprint density at radius 2 is 1.86 bits per heavy atom. The van der Waals surface area contributed by atoms with E-state index >= 15 is 0 Å². The van der Waals surface area contributed by atoms with Crippen molar-refractivity contribution in [1.29, 1.82) is 0 Å². The van der Waals surface area contributed by atoms with Gasteiger partial charge in [0.25, 0.3) is 0 Å². The van der Waals surface area contributed by atoms with Crippen molar-refractivity contribution < 1.29 is 37.0 Å². The second-order valence-corrected chi connectivity index (χ2v) is 9.51. The van der Waals surface area contributed by atoms with E-state index in [-0.39, 0.29) is 24.2 Å². The molecular weight excluding hydrogens is 497 g/mol. The van der Waals surface area contributed by atoms with Crippen LogP contribution in [0.1, 0.15) is 37.7 Å². The molecule has 2 saturated heterocycles. The number of ether oxygens (including phenoxy) is 3. The van der Waals surface area contributed by atoms with Crippen LogP contribution in [0.4, 0.5) is 13.2 Å². The molecule has 1 atom stereocenters. The Morgan fingerprint density at radius 1 is 1.14 bits per heavy atom. The molecule has 0 radical (unpaired) electrons. The van der Waals surface area contributed by atoms with Crippen molar-refractivity contribution in [2.24, 2.45) is 0 Å². The number of nitrogens with zero attached hydrogens (tertiary/aromatic N) is 1. The summed E-state index contributed by atoms with van der Waals surface area (Å²) in [4.78, 5) is 18.8. The molecule has 1 N–H and O–H groups in total. The smallest absolute Gasteiger partial charge is 0.491 e. The standard InChI is InChI=1S/C25H31F3N2O5S/c1-18(10-11-19(2)34-25(26,27)28)33-21-12-14-30(15-13-21)36-22-8-4-3-7-20(22)17-23(31)29-35-24-9-5-6-16-32-24/h3-4,7-8,10-11,21,24H,1-2,5-6,9,12-17H2,(H,29,31)/b11-10-. The first-order valence-electron chi connectivity index (χ1n) is 11.7. The minimum atomic E-state index is -4.78. The Morgan fingerprint density at radius 3 is 2.56 bits per heavy atom. The van der Waals surface area contributed by atoms with Crippen molar-refractivity contribution >= 4 is 17.9 Å². The summed E-state index contributed by atoms with van der Waals surface area (Å²) < 4.78 is 53.6. The number of amides is 1. The first-order valence-corrected chi connectivity index (χ1v) is 12.5. The third-order valence-electron chi connectivity index (χ3n) is 5.41.